The van der Waals surface area contributed by atoms with Crippen LogP contribution in [0.25, 0.3) is 0 Å². The number of ether oxygens (including phenoxy) is 2. The highest BCUT2D eigenvalue weighted by atomic mass is 35.5. The number of nitrogens with two attached hydrogens (primary N) is 1. The van der Waals surface area contributed by atoms with Crippen LogP contribution in [0.5, 0.6) is 11.5 Å². The molecule has 5 nitrogen and oxygen atoms in total. The number of hydrogen-bond acceptors (Lipinski definition) is 4. The van der Waals surface area contributed by atoms with E-state index in [0.29, 0.717) is 28.5 Å². The quantitative estimate of drug-likeness (QED) is 0.830. The number of carboxylic acids is 1. The van der Waals surface area contributed by atoms with Crippen LogP contribution in [0.1, 0.15) is 24.4 Å². The standard InChI is InChI=1S/C12H16ClNO4/c1-17-7-5-8(10(14)3-4-11(15)16)12(18-2)9(13)6-7/h5-6,10H,3-4,14H2,1-2H3,(H,15,16). The molecule has 0 heterocycles. The molecular weight excluding hydrogens is 258 g/mol. The van der Waals surface area contributed by atoms with Crippen LogP contribution in [0.4, 0.5) is 0 Å². The monoisotopic (exact) mass is 273 g/mol. The zero-order valence-electron chi connectivity index (χ0n) is 10.3. The first-order valence-corrected chi connectivity index (χ1v) is 5.76. The maximum absolute atomic E-state index is 10.5. The summed E-state index contributed by atoms with van der Waals surface area (Å²) in [6.07, 6.45) is 0.286. The van der Waals surface area contributed by atoms with Gasteiger partial charge in [0.05, 0.1) is 19.2 Å². The van der Waals surface area contributed by atoms with Crippen molar-refractivity contribution in [1.82, 2.24) is 0 Å². The lowest BCUT2D eigenvalue weighted by atomic mass is 10.0. The number of benzene rings is 1. The smallest absolute Gasteiger partial charge is 0.303 e. The van der Waals surface area contributed by atoms with E-state index in [1.54, 1.807) is 12.1 Å². The van der Waals surface area contributed by atoms with Crippen LogP contribution in [-0.4, -0.2) is 25.3 Å². The van der Waals surface area contributed by atoms with E-state index in [1.807, 2.05) is 0 Å². The first kappa shape index (κ1) is 14.6. The van der Waals surface area contributed by atoms with Crippen LogP contribution < -0.4 is 15.2 Å². The van der Waals surface area contributed by atoms with Crippen molar-refractivity contribution in [3.05, 3.63) is 22.7 Å². The minimum absolute atomic E-state index is 0.0147. The third kappa shape index (κ3) is 3.51. The predicted molar refractivity (Wildman–Crippen MR) is 68.4 cm³/mol. The molecule has 0 bridgehead atoms. The highest BCUT2D eigenvalue weighted by Crippen LogP contribution is 2.37. The van der Waals surface area contributed by atoms with Gasteiger partial charge in [0.25, 0.3) is 0 Å². The summed E-state index contributed by atoms with van der Waals surface area (Å²) in [4.78, 5) is 10.5. The van der Waals surface area contributed by atoms with Crippen LogP contribution in [0.2, 0.25) is 5.02 Å². The molecule has 0 fully saturated rings. The number of hydrogen-bond donors (Lipinski definition) is 2. The van der Waals surface area contributed by atoms with Gasteiger partial charge in [0.1, 0.15) is 11.5 Å². The number of carboxylic acid groups (broad SMARTS) is 1. The Labute approximate surface area is 110 Å². The SMILES string of the molecule is COc1cc(Cl)c(OC)c(C(N)CCC(=O)O)c1. The van der Waals surface area contributed by atoms with E-state index in [2.05, 4.69) is 0 Å². The molecule has 0 saturated heterocycles. The van der Waals surface area contributed by atoms with E-state index in [-0.39, 0.29) is 6.42 Å². The maximum atomic E-state index is 10.5. The number of halogens is 1. The molecule has 1 unspecified atom stereocenters. The summed E-state index contributed by atoms with van der Waals surface area (Å²) in [7, 11) is 3.01. The highest BCUT2D eigenvalue weighted by Gasteiger charge is 2.17. The van der Waals surface area contributed by atoms with Gasteiger partial charge in [-0.2, -0.15) is 0 Å². The molecule has 1 rings (SSSR count). The molecule has 1 atom stereocenters. The van der Waals surface area contributed by atoms with E-state index >= 15 is 0 Å². The van der Waals surface area contributed by atoms with Gasteiger partial charge in [0.15, 0.2) is 0 Å². The van der Waals surface area contributed by atoms with E-state index in [9.17, 15) is 4.79 Å². The normalized spacial score (nSPS) is 12.0. The second kappa shape index (κ2) is 6.47. The lowest BCUT2D eigenvalue weighted by Crippen LogP contribution is -2.13. The Balaban J connectivity index is 3.04. The maximum Gasteiger partial charge on any atom is 0.303 e. The zero-order valence-corrected chi connectivity index (χ0v) is 11.0. The minimum atomic E-state index is -0.890. The zero-order chi connectivity index (χ0) is 13.7. The van der Waals surface area contributed by atoms with E-state index in [4.69, 9.17) is 31.9 Å². The summed E-state index contributed by atoms with van der Waals surface area (Å²) in [5.41, 5.74) is 6.60. The van der Waals surface area contributed by atoms with Crippen molar-refractivity contribution in [2.75, 3.05) is 14.2 Å². The predicted octanol–water partition coefficient (Wildman–Crippen LogP) is 2.22. The molecule has 100 valence electrons. The van der Waals surface area contributed by atoms with Crippen molar-refractivity contribution in [3.8, 4) is 11.5 Å². The lowest BCUT2D eigenvalue weighted by molar-refractivity contribution is -0.137. The van der Waals surface area contributed by atoms with Crippen LogP contribution >= 0.6 is 11.6 Å². The number of methoxy groups -OCH3 is 2. The average Bonchev–Trinajstić information content (AvgIpc) is 2.34. The van der Waals surface area contributed by atoms with Crippen LogP contribution in [-0.2, 0) is 4.79 Å². The average molecular weight is 274 g/mol. The van der Waals surface area contributed by atoms with E-state index < -0.39 is 12.0 Å². The molecule has 0 saturated carbocycles. The fraction of sp³-hybridized carbons (Fsp3) is 0.417. The molecule has 1 aromatic rings. The van der Waals surface area contributed by atoms with Crippen LogP contribution in [0.3, 0.4) is 0 Å². The third-order valence-electron chi connectivity index (χ3n) is 2.55. The molecule has 0 aliphatic rings. The van der Waals surface area contributed by atoms with Crippen molar-refractivity contribution in [3.63, 3.8) is 0 Å². The van der Waals surface area contributed by atoms with E-state index in [0.717, 1.165) is 0 Å². The fourth-order valence-corrected chi connectivity index (χ4v) is 1.93. The first-order chi connectivity index (χ1) is 8.49. The summed E-state index contributed by atoms with van der Waals surface area (Å²) in [5.74, 6) is 0.121. The molecule has 0 radical (unpaired) electrons. The topological polar surface area (TPSA) is 81.8 Å². The van der Waals surface area contributed by atoms with E-state index in [1.165, 1.54) is 14.2 Å². The Morgan fingerprint density at radius 3 is 2.61 bits per heavy atom. The van der Waals surface area contributed by atoms with Gasteiger partial charge < -0.3 is 20.3 Å². The number of aliphatic carboxylic acids is 1. The van der Waals surface area contributed by atoms with Gasteiger partial charge in [-0.15, -0.1) is 0 Å². The molecule has 0 aliphatic heterocycles. The Kier molecular flexibility index (Phi) is 5.25. The largest absolute Gasteiger partial charge is 0.497 e. The molecule has 1 aromatic carbocycles. The molecule has 6 heteroatoms. The number of carbonyl (C=O) groups is 1. The molecule has 0 aromatic heterocycles. The molecule has 0 aliphatic carbocycles. The van der Waals surface area contributed by atoms with Gasteiger partial charge in [-0.25, -0.2) is 0 Å². The second-order valence-corrected chi connectivity index (χ2v) is 4.18. The van der Waals surface area contributed by atoms with Gasteiger partial charge >= 0.3 is 5.97 Å². The highest BCUT2D eigenvalue weighted by molar-refractivity contribution is 6.32. The van der Waals surface area contributed by atoms with Crippen molar-refractivity contribution in [2.45, 2.75) is 18.9 Å². The minimum Gasteiger partial charge on any atom is -0.497 e. The molecular formula is C12H16ClNO4. The van der Waals surface area contributed by atoms with Crippen LogP contribution in [0, 0.1) is 0 Å². The Hall–Kier alpha value is -1.46. The second-order valence-electron chi connectivity index (χ2n) is 3.77. The summed E-state index contributed by atoms with van der Waals surface area (Å²) in [6, 6.07) is 2.86. The lowest BCUT2D eigenvalue weighted by Gasteiger charge is -2.17. The Morgan fingerprint density at radius 2 is 2.11 bits per heavy atom. The molecule has 0 amide bonds. The molecule has 0 spiro atoms. The van der Waals surface area contributed by atoms with Gasteiger partial charge in [0, 0.05) is 24.1 Å². The summed E-state index contributed by atoms with van der Waals surface area (Å²) in [5, 5.41) is 9.04. The van der Waals surface area contributed by atoms with Gasteiger partial charge in [-0.3, -0.25) is 4.79 Å². The van der Waals surface area contributed by atoms with Gasteiger partial charge in [-0.1, -0.05) is 11.6 Å². The van der Waals surface area contributed by atoms with Crippen molar-refractivity contribution >= 4 is 17.6 Å². The molecule has 18 heavy (non-hydrogen) atoms. The Bertz CT molecular complexity index is 436. The Morgan fingerprint density at radius 1 is 1.44 bits per heavy atom. The summed E-state index contributed by atoms with van der Waals surface area (Å²) in [6.45, 7) is 0. The third-order valence-corrected chi connectivity index (χ3v) is 2.84. The molecule has 3 N–H and O–H groups in total. The first-order valence-electron chi connectivity index (χ1n) is 5.38. The fourth-order valence-electron chi connectivity index (χ4n) is 1.63. The summed E-state index contributed by atoms with van der Waals surface area (Å²) >= 11 is 6.04. The van der Waals surface area contributed by atoms with Gasteiger partial charge in [-0.05, 0) is 12.5 Å². The van der Waals surface area contributed by atoms with Crippen molar-refractivity contribution < 1.29 is 19.4 Å². The summed E-state index contributed by atoms with van der Waals surface area (Å²) < 4.78 is 10.3. The van der Waals surface area contributed by atoms with Crippen molar-refractivity contribution in [2.24, 2.45) is 5.73 Å². The van der Waals surface area contributed by atoms with Crippen molar-refractivity contribution in [1.29, 1.82) is 0 Å². The van der Waals surface area contributed by atoms with Crippen LogP contribution in [0.15, 0.2) is 12.1 Å². The number of rotatable bonds is 6. The van der Waals surface area contributed by atoms with Gasteiger partial charge in [0.2, 0.25) is 0 Å².